The summed E-state index contributed by atoms with van der Waals surface area (Å²) in [7, 11) is 0. The fourth-order valence-electron chi connectivity index (χ4n) is 9.66. The van der Waals surface area contributed by atoms with Crippen LogP contribution < -0.4 is 36.5 Å². The van der Waals surface area contributed by atoms with E-state index >= 15 is 4.79 Å². The molecule has 5 aromatic rings. The van der Waals surface area contributed by atoms with Gasteiger partial charge in [0.15, 0.2) is 11.5 Å². The number of primary amides is 1. The highest BCUT2D eigenvalue weighted by Crippen LogP contribution is 2.48. The lowest BCUT2D eigenvalue weighted by atomic mass is 9.80. The summed E-state index contributed by atoms with van der Waals surface area (Å²) in [6, 6.07) is 11.7. The number of carbonyl (C=O) groups excluding carboxylic acids is 6. The smallest absolute Gasteiger partial charge is 0.246 e. The standard InChI is InChI=1S/C54H53Cl2N5O14S/c1-22(2)10-23(3)51(70)61-47-49(68)26-6-9-40(34(56)14-26)75-42-16-27-15-41(50(42)69)74-39-8-5-25(13-33(39)55)48(67)32-18-37(64)30(19-43(76)46(27)60-53(72)35(20-44(57)66)59-54(47)73)24-4-7-36(63)31(12-24)45-28(21-58-52(32)71)11-29(62)17-38(45)65/h4-9,11-17,22-23,30,32,35,46-49,62-63,65,67-69H,10,18-21H2,1-3H3,(H2,57,66)(H,58,71)(H,59,73)(H,60,72)(H,61,70)/t23-,30+,32+,35+,46-,47-,48-,49-/m1/s1. The van der Waals surface area contributed by atoms with Gasteiger partial charge in [0, 0.05) is 46.9 Å². The van der Waals surface area contributed by atoms with E-state index in [2.05, 4.69) is 21.3 Å². The van der Waals surface area contributed by atoms with E-state index < -0.39 is 114 Å². The number of nitrogens with one attached hydrogen (secondary N) is 4. The molecule has 5 aliphatic heterocycles. The van der Waals surface area contributed by atoms with Crippen molar-refractivity contribution >= 4 is 75.6 Å². The zero-order valence-electron chi connectivity index (χ0n) is 40.9. The molecule has 0 saturated heterocycles. The first-order valence-electron chi connectivity index (χ1n) is 24.1. The number of aliphatic hydroxyl groups excluding tert-OH is 2. The lowest BCUT2D eigenvalue weighted by molar-refractivity contribution is -0.136. The molecule has 12 N–H and O–H groups in total. The molecule has 5 heterocycles. The van der Waals surface area contributed by atoms with Crippen LogP contribution in [0.15, 0.2) is 78.9 Å². The van der Waals surface area contributed by atoms with E-state index in [0.29, 0.717) is 6.42 Å². The van der Waals surface area contributed by atoms with Gasteiger partial charge in [-0.15, -0.1) is 0 Å². The number of carbonyl (C=O) groups is 6. The summed E-state index contributed by atoms with van der Waals surface area (Å²) >= 11 is 19.8. The molecule has 8 atom stereocenters. The van der Waals surface area contributed by atoms with Gasteiger partial charge in [0.2, 0.25) is 35.3 Å². The molecule has 10 rings (SSSR count). The fraction of sp³-hybridized carbons (Fsp3) is 0.315. The number of aliphatic hydroxyl groups is 2. The molecule has 0 aliphatic carbocycles. The van der Waals surface area contributed by atoms with Gasteiger partial charge in [-0.25, -0.2) is 0 Å². The highest BCUT2D eigenvalue weighted by Gasteiger charge is 2.39. The number of thiocarbonyl (C=S) groups is 1. The summed E-state index contributed by atoms with van der Waals surface area (Å²) in [5, 5.41) is 79.2. The van der Waals surface area contributed by atoms with Crippen LogP contribution in [0.4, 0.5) is 0 Å². The summed E-state index contributed by atoms with van der Waals surface area (Å²) in [6.45, 7) is 5.08. The van der Waals surface area contributed by atoms with Gasteiger partial charge in [-0.05, 0) is 101 Å². The number of nitrogens with two attached hydrogens (primary N) is 1. The van der Waals surface area contributed by atoms with Crippen molar-refractivity contribution in [1.29, 1.82) is 0 Å². The Bertz CT molecular complexity index is 3210. The minimum Gasteiger partial charge on any atom is -0.508 e. The van der Waals surface area contributed by atoms with Crippen molar-refractivity contribution in [2.45, 2.75) is 89.3 Å². The van der Waals surface area contributed by atoms with E-state index in [4.69, 9.17) is 50.6 Å². The molecule has 0 fully saturated rings. The highest BCUT2D eigenvalue weighted by atomic mass is 35.5. The summed E-state index contributed by atoms with van der Waals surface area (Å²) in [6.07, 6.45) is -5.08. The lowest BCUT2D eigenvalue weighted by Crippen LogP contribution is -2.57. The van der Waals surface area contributed by atoms with E-state index in [1.165, 1.54) is 72.8 Å². The van der Waals surface area contributed by atoms with Gasteiger partial charge in [-0.2, -0.15) is 0 Å². The third kappa shape index (κ3) is 11.7. The van der Waals surface area contributed by atoms with Crippen molar-refractivity contribution in [2.75, 3.05) is 0 Å². The van der Waals surface area contributed by atoms with Crippen LogP contribution >= 0.6 is 35.4 Å². The number of halogens is 2. The Morgan fingerprint density at radius 3 is 1.96 bits per heavy atom. The normalized spacial score (nSPS) is 22.3. The lowest BCUT2D eigenvalue weighted by Gasteiger charge is -2.30. The second-order valence-corrected chi connectivity index (χ2v) is 20.9. The van der Waals surface area contributed by atoms with Crippen molar-refractivity contribution in [3.05, 3.63) is 117 Å². The number of aromatic hydroxyl groups is 4. The number of rotatable bonds is 6. The van der Waals surface area contributed by atoms with Crippen molar-refractivity contribution in [3.8, 4) is 57.1 Å². The van der Waals surface area contributed by atoms with Crippen molar-refractivity contribution < 1.29 is 68.9 Å². The van der Waals surface area contributed by atoms with Gasteiger partial charge in [0.25, 0.3) is 0 Å². The molecule has 398 valence electrons. The zero-order valence-corrected chi connectivity index (χ0v) is 43.3. The molecule has 0 spiro atoms. The Kier molecular flexibility index (Phi) is 16.1. The van der Waals surface area contributed by atoms with Gasteiger partial charge < -0.3 is 67.1 Å². The van der Waals surface area contributed by atoms with Crippen molar-refractivity contribution in [3.63, 3.8) is 0 Å². The predicted octanol–water partition coefficient (Wildman–Crippen LogP) is 6.59. The molecule has 76 heavy (non-hydrogen) atoms. The van der Waals surface area contributed by atoms with Crippen LogP contribution in [0.3, 0.4) is 0 Å². The van der Waals surface area contributed by atoms with E-state index in [0.717, 1.165) is 6.07 Å². The van der Waals surface area contributed by atoms with Crippen molar-refractivity contribution in [2.24, 2.45) is 23.5 Å². The number of amides is 5. The van der Waals surface area contributed by atoms with Crippen LogP contribution in [-0.4, -0.2) is 82.9 Å². The van der Waals surface area contributed by atoms with Gasteiger partial charge >= 0.3 is 0 Å². The second kappa shape index (κ2) is 22.4. The molecule has 22 heteroatoms. The van der Waals surface area contributed by atoms with Gasteiger partial charge in [-0.1, -0.05) is 74.4 Å². The zero-order chi connectivity index (χ0) is 55.0. The minimum absolute atomic E-state index is 0.00279. The van der Waals surface area contributed by atoms with Crippen LogP contribution in [0.1, 0.15) is 98.4 Å². The van der Waals surface area contributed by atoms with E-state index in [9.17, 15) is 54.6 Å². The second-order valence-electron chi connectivity index (χ2n) is 19.5. The fourth-order valence-corrected chi connectivity index (χ4v) is 10.5. The van der Waals surface area contributed by atoms with E-state index in [1.807, 2.05) is 13.8 Å². The molecular formula is C54H53Cl2N5O14S. The third-order valence-electron chi connectivity index (χ3n) is 13.5. The van der Waals surface area contributed by atoms with Crippen LogP contribution in [0.2, 0.25) is 10.0 Å². The molecule has 5 aliphatic rings. The molecule has 11 bridgehead atoms. The quantitative estimate of drug-likeness (QED) is 0.0799. The SMILES string of the molecule is CC(C)C[C@@H](C)C(=O)N[C@H]1C(=O)N[C@@H](CC(N)=O)C(=O)N[C@H]2C(=S)C[C@@H]3C(=O)C[C@H](C(=O)NCc4cc(O)cc(O)c4-c4cc3ccc4O)[C@H](O)c3ccc(c(Cl)c3)Oc3cc2cc(c3O)Oc2ccc(cc2Cl)[C@H]1O. The number of benzene rings is 5. The van der Waals surface area contributed by atoms with Gasteiger partial charge in [0.1, 0.15) is 52.7 Å². The number of hydrogen-bond acceptors (Lipinski definition) is 15. The molecule has 0 saturated carbocycles. The molecule has 0 unspecified atom stereocenters. The maximum Gasteiger partial charge on any atom is 0.246 e. The minimum atomic E-state index is -1.83. The Morgan fingerprint density at radius 1 is 0.737 bits per heavy atom. The highest BCUT2D eigenvalue weighted by molar-refractivity contribution is 7.80. The number of ether oxygens (including phenoxy) is 2. The number of hydrogen-bond donors (Lipinski definition) is 11. The summed E-state index contributed by atoms with van der Waals surface area (Å²) in [5.74, 6) is -11.7. The molecule has 5 amide bonds. The summed E-state index contributed by atoms with van der Waals surface area (Å²) in [5.41, 5.74) is 6.05. The van der Waals surface area contributed by atoms with Gasteiger partial charge in [-0.3, -0.25) is 28.8 Å². The number of Topliss-reactive ketones (excluding diaryl/α,β-unsaturated/α-hetero) is 1. The average Bonchev–Trinajstić information content (AvgIpc) is 3.35. The number of fused-ring (bicyclic) bond motifs is 15. The maximum atomic E-state index is 15.1. The largest absolute Gasteiger partial charge is 0.508 e. The Labute approximate surface area is 450 Å². The average molecular weight is 1100 g/mol. The first-order chi connectivity index (χ1) is 36.0. The van der Waals surface area contributed by atoms with Crippen LogP contribution in [0.25, 0.3) is 11.1 Å². The number of phenolic OH excluding ortho intramolecular Hbond substituents is 4. The maximum absolute atomic E-state index is 15.1. The first-order valence-corrected chi connectivity index (χ1v) is 25.2. The molecule has 0 aromatic heterocycles. The Morgan fingerprint density at radius 2 is 1.36 bits per heavy atom. The predicted molar refractivity (Wildman–Crippen MR) is 280 cm³/mol. The Balaban J connectivity index is 1.35. The third-order valence-corrected chi connectivity index (χ3v) is 14.5. The van der Waals surface area contributed by atoms with Crippen LogP contribution in [0, 0.1) is 17.8 Å². The van der Waals surface area contributed by atoms with Crippen LogP contribution in [0.5, 0.6) is 46.0 Å². The van der Waals surface area contributed by atoms with E-state index in [-0.39, 0.29) is 101 Å². The van der Waals surface area contributed by atoms with E-state index in [1.54, 1.807) is 6.92 Å². The van der Waals surface area contributed by atoms with Crippen LogP contribution in [-0.2, 0) is 35.3 Å². The monoisotopic (exact) mass is 1100 g/mol. The number of phenols is 4. The van der Waals surface area contributed by atoms with Crippen molar-refractivity contribution in [1.82, 2.24) is 21.3 Å². The Hall–Kier alpha value is -7.49. The molecule has 5 aromatic carbocycles. The molecule has 19 nitrogen and oxygen atoms in total. The molecular weight excluding hydrogens is 1050 g/mol. The number of ketones is 1. The van der Waals surface area contributed by atoms with Gasteiger partial charge in [0.05, 0.1) is 34.5 Å². The first kappa shape index (κ1) is 54.8. The summed E-state index contributed by atoms with van der Waals surface area (Å²) < 4.78 is 12.5. The summed E-state index contributed by atoms with van der Waals surface area (Å²) in [4.78, 5) is 84.9. The topological polar surface area (TPSA) is 316 Å². The molecule has 0 radical (unpaired) electrons.